The largest absolute Gasteiger partial charge is 0.465 e. The molecule has 0 aliphatic carbocycles. The standard InChI is InChI=1S/C14H15N5O2/c1-3-8-15-12-9-16-19-14(18-12)17-11-7-5-4-6-10(11)13(20)21-2/h3-7,9H,1,8H2,2H3,(H2,15,17,18,19). The predicted octanol–water partition coefficient (Wildman–Crippen LogP) is 2.00. The lowest BCUT2D eigenvalue weighted by molar-refractivity contribution is 0.0602. The van der Waals surface area contributed by atoms with Crippen LogP contribution in [0.25, 0.3) is 0 Å². The normalized spacial score (nSPS) is 9.76. The van der Waals surface area contributed by atoms with Crippen molar-refractivity contribution in [3.63, 3.8) is 0 Å². The third-order valence-electron chi connectivity index (χ3n) is 2.57. The molecule has 0 unspecified atom stereocenters. The van der Waals surface area contributed by atoms with Gasteiger partial charge < -0.3 is 15.4 Å². The number of aromatic nitrogens is 3. The molecule has 0 saturated carbocycles. The first-order chi connectivity index (χ1) is 10.2. The smallest absolute Gasteiger partial charge is 0.339 e. The summed E-state index contributed by atoms with van der Waals surface area (Å²) in [6.45, 7) is 4.18. The van der Waals surface area contributed by atoms with E-state index in [1.54, 1.807) is 30.3 Å². The van der Waals surface area contributed by atoms with Gasteiger partial charge in [-0.15, -0.1) is 11.7 Å². The van der Waals surface area contributed by atoms with Crippen molar-refractivity contribution in [1.82, 2.24) is 15.2 Å². The summed E-state index contributed by atoms with van der Waals surface area (Å²) < 4.78 is 4.73. The highest BCUT2D eigenvalue weighted by Gasteiger charge is 2.12. The van der Waals surface area contributed by atoms with Crippen LogP contribution in [0.2, 0.25) is 0 Å². The second-order valence-electron chi connectivity index (χ2n) is 4.00. The fraction of sp³-hybridized carbons (Fsp3) is 0.143. The molecule has 1 aromatic heterocycles. The van der Waals surface area contributed by atoms with Gasteiger partial charge in [0.2, 0.25) is 5.95 Å². The molecule has 1 heterocycles. The minimum absolute atomic E-state index is 0.278. The van der Waals surface area contributed by atoms with E-state index in [0.717, 1.165) is 0 Å². The number of hydrogen-bond donors (Lipinski definition) is 2. The number of para-hydroxylation sites is 1. The summed E-state index contributed by atoms with van der Waals surface area (Å²) in [6, 6.07) is 6.93. The molecule has 1 aromatic carbocycles. The molecule has 0 amide bonds. The molecule has 108 valence electrons. The zero-order chi connectivity index (χ0) is 15.1. The highest BCUT2D eigenvalue weighted by Crippen LogP contribution is 2.19. The van der Waals surface area contributed by atoms with E-state index in [1.165, 1.54) is 13.3 Å². The molecule has 0 spiro atoms. The van der Waals surface area contributed by atoms with E-state index in [1.807, 2.05) is 0 Å². The summed E-state index contributed by atoms with van der Waals surface area (Å²) in [5.41, 5.74) is 0.945. The zero-order valence-corrected chi connectivity index (χ0v) is 11.5. The van der Waals surface area contributed by atoms with Gasteiger partial charge in [-0.3, -0.25) is 0 Å². The van der Waals surface area contributed by atoms with E-state index in [4.69, 9.17) is 4.74 Å². The van der Waals surface area contributed by atoms with Gasteiger partial charge in [0.25, 0.3) is 0 Å². The molecule has 7 nitrogen and oxygen atoms in total. The number of nitrogens with one attached hydrogen (secondary N) is 2. The Bertz CT molecular complexity index is 645. The first kappa shape index (κ1) is 14.4. The number of ether oxygens (including phenoxy) is 1. The van der Waals surface area contributed by atoms with E-state index < -0.39 is 5.97 Å². The van der Waals surface area contributed by atoms with Crippen LogP contribution < -0.4 is 10.6 Å². The number of benzene rings is 1. The Balaban J connectivity index is 2.22. The fourth-order valence-electron chi connectivity index (χ4n) is 1.62. The number of carbonyl (C=O) groups excluding carboxylic acids is 1. The SMILES string of the molecule is C=CCNc1cnnc(Nc2ccccc2C(=O)OC)n1. The van der Waals surface area contributed by atoms with Crippen molar-refractivity contribution in [2.45, 2.75) is 0 Å². The van der Waals surface area contributed by atoms with Crippen LogP contribution in [-0.4, -0.2) is 34.8 Å². The first-order valence-electron chi connectivity index (χ1n) is 6.23. The summed E-state index contributed by atoms with van der Waals surface area (Å²) in [7, 11) is 1.33. The van der Waals surface area contributed by atoms with Crippen molar-refractivity contribution < 1.29 is 9.53 Å². The van der Waals surface area contributed by atoms with Crippen LogP contribution in [0.3, 0.4) is 0 Å². The molecule has 7 heteroatoms. The number of rotatable bonds is 6. The van der Waals surface area contributed by atoms with E-state index in [2.05, 4.69) is 32.4 Å². The molecule has 0 saturated heterocycles. The number of hydrogen-bond acceptors (Lipinski definition) is 7. The van der Waals surface area contributed by atoms with Crippen LogP contribution in [-0.2, 0) is 4.74 Å². The highest BCUT2D eigenvalue weighted by molar-refractivity contribution is 5.96. The maximum Gasteiger partial charge on any atom is 0.339 e. The van der Waals surface area contributed by atoms with Crippen molar-refractivity contribution in [2.24, 2.45) is 0 Å². The Morgan fingerprint density at radius 1 is 1.43 bits per heavy atom. The van der Waals surface area contributed by atoms with Gasteiger partial charge in [0.05, 0.1) is 24.6 Å². The molecule has 0 atom stereocenters. The fourth-order valence-corrected chi connectivity index (χ4v) is 1.62. The van der Waals surface area contributed by atoms with E-state index in [-0.39, 0.29) is 5.95 Å². The lowest BCUT2D eigenvalue weighted by Gasteiger charge is -2.09. The minimum Gasteiger partial charge on any atom is -0.465 e. The van der Waals surface area contributed by atoms with Crippen LogP contribution in [0.15, 0.2) is 43.1 Å². The lowest BCUT2D eigenvalue weighted by atomic mass is 10.2. The lowest BCUT2D eigenvalue weighted by Crippen LogP contribution is -2.08. The molecule has 2 N–H and O–H groups in total. The summed E-state index contributed by atoms with van der Waals surface area (Å²) in [5.74, 6) is 0.398. The maximum atomic E-state index is 11.7. The number of nitrogens with zero attached hydrogens (tertiary/aromatic N) is 3. The van der Waals surface area contributed by atoms with Crippen molar-refractivity contribution in [3.8, 4) is 0 Å². The second kappa shape index (κ2) is 6.99. The molecule has 0 fully saturated rings. The molecule has 0 aliphatic rings. The van der Waals surface area contributed by atoms with Gasteiger partial charge in [0.1, 0.15) is 0 Å². The first-order valence-corrected chi connectivity index (χ1v) is 6.23. The van der Waals surface area contributed by atoms with Gasteiger partial charge >= 0.3 is 5.97 Å². The predicted molar refractivity (Wildman–Crippen MR) is 79.6 cm³/mol. The third-order valence-corrected chi connectivity index (χ3v) is 2.57. The van der Waals surface area contributed by atoms with Gasteiger partial charge in [0.15, 0.2) is 5.82 Å². The highest BCUT2D eigenvalue weighted by atomic mass is 16.5. The van der Waals surface area contributed by atoms with E-state index >= 15 is 0 Å². The molecule has 0 bridgehead atoms. The second-order valence-corrected chi connectivity index (χ2v) is 4.00. The van der Waals surface area contributed by atoms with Crippen LogP contribution in [0.1, 0.15) is 10.4 Å². The quantitative estimate of drug-likeness (QED) is 0.619. The third kappa shape index (κ3) is 3.75. The van der Waals surface area contributed by atoms with E-state index in [0.29, 0.717) is 23.6 Å². The minimum atomic E-state index is -0.438. The average Bonchev–Trinajstić information content (AvgIpc) is 2.53. The van der Waals surface area contributed by atoms with Crippen molar-refractivity contribution >= 4 is 23.4 Å². The summed E-state index contributed by atoms with van der Waals surface area (Å²) >= 11 is 0. The molecule has 2 aromatic rings. The van der Waals surface area contributed by atoms with Gasteiger partial charge in [-0.25, -0.2) is 4.79 Å². The number of methoxy groups -OCH3 is 1. The molecular formula is C14H15N5O2. The molecule has 0 radical (unpaired) electrons. The Labute approximate surface area is 122 Å². The van der Waals surface area contributed by atoms with Gasteiger partial charge in [-0.1, -0.05) is 18.2 Å². The average molecular weight is 285 g/mol. The molecule has 0 aliphatic heterocycles. The van der Waals surface area contributed by atoms with Gasteiger partial charge in [-0.05, 0) is 12.1 Å². The van der Waals surface area contributed by atoms with Gasteiger partial charge in [0, 0.05) is 6.54 Å². The topological polar surface area (TPSA) is 89.0 Å². The van der Waals surface area contributed by atoms with Crippen LogP contribution in [0, 0.1) is 0 Å². The zero-order valence-electron chi connectivity index (χ0n) is 11.5. The monoisotopic (exact) mass is 285 g/mol. The van der Waals surface area contributed by atoms with Crippen molar-refractivity contribution in [3.05, 3.63) is 48.7 Å². The van der Waals surface area contributed by atoms with E-state index in [9.17, 15) is 4.79 Å². The number of esters is 1. The molecular weight excluding hydrogens is 270 g/mol. The number of anilines is 3. The Morgan fingerprint density at radius 3 is 3.00 bits per heavy atom. The number of carbonyl (C=O) groups is 1. The molecule has 2 rings (SSSR count). The Morgan fingerprint density at radius 2 is 2.24 bits per heavy atom. The summed E-state index contributed by atoms with van der Waals surface area (Å²) in [4.78, 5) is 15.9. The van der Waals surface area contributed by atoms with Crippen LogP contribution in [0.5, 0.6) is 0 Å². The van der Waals surface area contributed by atoms with Crippen molar-refractivity contribution in [2.75, 3.05) is 24.3 Å². The molecule has 21 heavy (non-hydrogen) atoms. The Hall–Kier alpha value is -2.96. The van der Waals surface area contributed by atoms with Crippen LogP contribution in [0.4, 0.5) is 17.5 Å². The van der Waals surface area contributed by atoms with Crippen LogP contribution >= 0.6 is 0 Å². The Kier molecular flexibility index (Phi) is 4.81. The summed E-state index contributed by atoms with van der Waals surface area (Å²) in [6.07, 6.45) is 3.21. The summed E-state index contributed by atoms with van der Waals surface area (Å²) in [5, 5.41) is 13.7. The van der Waals surface area contributed by atoms with Crippen molar-refractivity contribution in [1.29, 1.82) is 0 Å². The maximum absolute atomic E-state index is 11.7. The van der Waals surface area contributed by atoms with Gasteiger partial charge in [-0.2, -0.15) is 10.1 Å².